The zero-order valence-electron chi connectivity index (χ0n) is 10.5. The Morgan fingerprint density at radius 1 is 1.32 bits per heavy atom. The minimum Gasteiger partial charge on any atom is -0.359 e. The molecule has 0 atom stereocenters. The molecule has 0 aliphatic heterocycles. The largest absolute Gasteiger partial charge is 0.359 e. The molecule has 0 fully saturated rings. The van der Waals surface area contributed by atoms with Crippen molar-refractivity contribution in [2.45, 2.75) is 6.42 Å². The summed E-state index contributed by atoms with van der Waals surface area (Å²) in [7, 11) is 1.58. The number of hydrogen-bond acceptors (Lipinski definition) is 3. The summed E-state index contributed by atoms with van der Waals surface area (Å²) in [6, 6.07) is 6.87. The number of para-hydroxylation sites is 1. The number of nitrogens with one attached hydrogen (secondary N) is 2. The number of nitrogens with zero attached hydrogens (tertiary/aromatic N) is 2. The van der Waals surface area contributed by atoms with E-state index in [1.165, 1.54) is 17.1 Å². The van der Waals surface area contributed by atoms with Gasteiger partial charge in [-0.1, -0.05) is 18.2 Å². The zero-order valence-corrected chi connectivity index (χ0v) is 10.5. The molecule has 6 nitrogen and oxygen atoms in total. The lowest BCUT2D eigenvalue weighted by Crippen LogP contribution is -2.22. The molecule has 2 N–H and O–H groups in total. The van der Waals surface area contributed by atoms with Gasteiger partial charge in [-0.15, -0.1) is 0 Å². The highest BCUT2D eigenvalue weighted by molar-refractivity contribution is 5.92. The first-order valence-corrected chi connectivity index (χ1v) is 5.78. The van der Waals surface area contributed by atoms with Crippen LogP contribution in [0.5, 0.6) is 0 Å². The van der Waals surface area contributed by atoms with Crippen molar-refractivity contribution in [1.82, 2.24) is 14.9 Å². The maximum atomic E-state index is 11.9. The third-order valence-electron chi connectivity index (χ3n) is 2.63. The van der Waals surface area contributed by atoms with Crippen molar-refractivity contribution in [3.05, 3.63) is 48.5 Å². The van der Waals surface area contributed by atoms with Gasteiger partial charge >= 0.3 is 6.03 Å². The van der Waals surface area contributed by atoms with Crippen molar-refractivity contribution in [3.63, 3.8) is 0 Å². The quantitative estimate of drug-likeness (QED) is 0.870. The lowest BCUT2D eigenvalue weighted by molar-refractivity contribution is -0.119. The molecule has 6 heteroatoms. The standard InChI is InChI=1S/C13H14N4O2/c1-14-12(18)8-10-4-2-3-5-11(10)16-13(19)17-7-6-15-9-17/h2-7,9H,8H2,1H3,(H,14,18)(H,16,19). The average Bonchev–Trinajstić information content (AvgIpc) is 2.95. The Hall–Kier alpha value is -2.63. The van der Waals surface area contributed by atoms with E-state index in [1.54, 1.807) is 31.4 Å². The fourth-order valence-corrected chi connectivity index (χ4v) is 1.62. The molecule has 1 aromatic heterocycles. The number of carbonyl (C=O) groups is 2. The zero-order chi connectivity index (χ0) is 13.7. The second kappa shape index (κ2) is 5.81. The summed E-state index contributed by atoms with van der Waals surface area (Å²) in [5, 5.41) is 5.30. The molecular weight excluding hydrogens is 244 g/mol. The summed E-state index contributed by atoms with van der Waals surface area (Å²) in [6.45, 7) is 0. The van der Waals surface area contributed by atoms with Crippen molar-refractivity contribution >= 4 is 17.6 Å². The van der Waals surface area contributed by atoms with Crippen LogP contribution in [0.3, 0.4) is 0 Å². The van der Waals surface area contributed by atoms with Crippen molar-refractivity contribution in [2.75, 3.05) is 12.4 Å². The predicted molar refractivity (Wildman–Crippen MR) is 70.9 cm³/mol. The Morgan fingerprint density at radius 2 is 2.11 bits per heavy atom. The van der Waals surface area contributed by atoms with Gasteiger partial charge in [0, 0.05) is 25.1 Å². The van der Waals surface area contributed by atoms with Crippen LogP contribution in [0.2, 0.25) is 0 Å². The molecule has 0 saturated carbocycles. The van der Waals surface area contributed by atoms with E-state index >= 15 is 0 Å². The summed E-state index contributed by atoms with van der Waals surface area (Å²) in [5.41, 5.74) is 1.38. The SMILES string of the molecule is CNC(=O)Cc1ccccc1NC(=O)n1ccnc1. The van der Waals surface area contributed by atoms with E-state index in [1.807, 2.05) is 6.07 Å². The molecule has 1 aromatic carbocycles. The van der Waals surface area contributed by atoms with E-state index in [9.17, 15) is 9.59 Å². The summed E-state index contributed by atoms with van der Waals surface area (Å²) in [5.74, 6) is -0.107. The molecule has 2 rings (SSSR count). The van der Waals surface area contributed by atoms with Crippen LogP contribution < -0.4 is 10.6 Å². The van der Waals surface area contributed by atoms with Gasteiger partial charge in [0.05, 0.1) is 6.42 Å². The van der Waals surface area contributed by atoms with E-state index in [4.69, 9.17) is 0 Å². The molecule has 0 saturated heterocycles. The molecule has 0 spiro atoms. The Morgan fingerprint density at radius 3 is 2.79 bits per heavy atom. The van der Waals surface area contributed by atoms with Crippen molar-refractivity contribution in [3.8, 4) is 0 Å². The van der Waals surface area contributed by atoms with Crippen LogP contribution in [0.1, 0.15) is 5.56 Å². The molecule has 19 heavy (non-hydrogen) atoms. The molecule has 0 radical (unpaired) electrons. The third-order valence-corrected chi connectivity index (χ3v) is 2.63. The minimum absolute atomic E-state index is 0.107. The van der Waals surface area contributed by atoms with Crippen LogP contribution in [-0.2, 0) is 11.2 Å². The number of likely N-dealkylation sites (N-methyl/N-ethyl adjacent to an activating group) is 1. The van der Waals surface area contributed by atoms with E-state index in [2.05, 4.69) is 15.6 Å². The minimum atomic E-state index is -0.318. The van der Waals surface area contributed by atoms with Gasteiger partial charge in [-0.2, -0.15) is 0 Å². The fourth-order valence-electron chi connectivity index (χ4n) is 1.62. The Labute approximate surface area is 110 Å². The summed E-state index contributed by atoms with van der Waals surface area (Å²) in [4.78, 5) is 27.1. The van der Waals surface area contributed by atoms with Gasteiger partial charge in [0.1, 0.15) is 6.33 Å². The molecule has 2 aromatic rings. The van der Waals surface area contributed by atoms with Crippen LogP contribution in [0.15, 0.2) is 43.0 Å². The predicted octanol–water partition coefficient (Wildman–Crippen LogP) is 1.25. The number of benzene rings is 1. The van der Waals surface area contributed by atoms with E-state index in [0.29, 0.717) is 5.69 Å². The van der Waals surface area contributed by atoms with Gasteiger partial charge < -0.3 is 10.6 Å². The van der Waals surface area contributed by atoms with Gasteiger partial charge in [0.25, 0.3) is 0 Å². The fraction of sp³-hybridized carbons (Fsp3) is 0.154. The maximum Gasteiger partial charge on any atom is 0.331 e. The molecule has 2 amide bonds. The highest BCUT2D eigenvalue weighted by Gasteiger charge is 2.10. The second-order valence-electron chi connectivity index (χ2n) is 3.91. The molecule has 98 valence electrons. The number of aromatic nitrogens is 2. The smallest absolute Gasteiger partial charge is 0.331 e. The van der Waals surface area contributed by atoms with Crippen LogP contribution in [0.25, 0.3) is 0 Å². The van der Waals surface area contributed by atoms with E-state index < -0.39 is 0 Å². The van der Waals surface area contributed by atoms with E-state index in [-0.39, 0.29) is 18.4 Å². The first-order valence-electron chi connectivity index (χ1n) is 5.78. The van der Waals surface area contributed by atoms with Gasteiger partial charge in [-0.3, -0.25) is 9.36 Å². The first-order chi connectivity index (χ1) is 9.20. The van der Waals surface area contributed by atoms with Gasteiger partial charge in [0.2, 0.25) is 5.91 Å². The van der Waals surface area contributed by atoms with E-state index in [0.717, 1.165) is 5.56 Å². The van der Waals surface area contributed by atoms with Crippen molar-refractivity contribution in [2.24, 2.45) is 0 Å². The average molecular weight is 258 g/mol. The maximum absolute atomic E-state index is 11.9. The lowest BCUT2D eigenvalue weighted by Gasteiger charge is -2.10. The summed E-state index contributed by atoms with van der Waals surface area (Å²) < 4.78 is 1.33. The van der Waals surface area contributed by atoms with Crippen molar-refractivity contribution in [1.29, 1.82) is 0 Å². The van der Waals surface area contributed by atoms with Crippen molar-refractivity contribution < 1.29 is 9.59 Å². The number of imidazole rings is 1. The number of rotatable bonds is 3. The molecule has 0 unspecified atom stereocenters. The van der Waals surface area contributed by atoms with Crippen LogP contribution >= 0.6 is 0 Å². The van der Waals surface area contributed by atoms with Gasteiger partial charge in [-0.05, 0) is 11.6 Å². The summed E-state index contributed by atoms with van der Waals surface area (Å²) in [6.07, 6.45) is 4.71. The highest BCUT2D eigenvalue weighted by Crippen LogP contribution is 2.16. The Bertz CT molecular complexity index is 578. The molecule has 0 aliphatic rings. The number of amides is 2. The topological polar surface area (TPSA) is 76.0 Å². The summed E-state index contributed by atoms with van der Waals surface area (Å²) >= 11 is 0. The van der Waals surface area contributed by atoms with Crippen LogP contribution in [0, 0.1) is 0 Å². The lowest BCUT2D eigenvalue weighted by atomic mass is 10.1. The number of carbonyl (C=O) groups excluding carboxylic acids is 2. The first kappa shape index (κ1) is 12.8. The Kier molecular flexibility index (Phi) is 3.92. The normalized spacial score (nSPS) is 9.95. The number of hydrogen-bond donors (Lipinski definition) is 2. The van der Waals surface area contributed by atoms with Crippen LogP contribution in [0.4, 0.5) is 10.5 Å². The Balaban J connectivity index is 2.16. The third kappa shape index (κ3) is 3.19. The molecule has 0 aliphatic carbocycles. The molecule has 1 heterocycles. The van der Waals surface area contributed by atoms with Crippen LogP contribution in [-0.4, -0.2) is 28.5 Å². The highest BCUT2D eigenvalue weighted by atomic mass is 16.2. The second-order valence-corrected chi connectivity index (χ2v) is 3.91. The van der Waals surface area contributed by atoms with Gasteiger partial charge in [-0.25, -0.2) is 9.78 Å². The molecular formula is C13H14N4O2. The monoisotopic (exact) mass is 258 g/mol. The molecule has 0 bridgehead atoms. The number of anilines is 1. The van der Waals surface area contributed by atoms with Gasteiger partial charge in [0.15, 0.2) is 0 Å².